The van der Waals surface area contributed by atoms with Gasteiger partial charge in [0.05, 0.1) is 18.1 Å². The summed E-state index contributed by atoms with van der Waals surface area (Å²) in [6.07, 6.45) is 7.11. The third-order valence-electron chi connectivity index (χ3n) is 2.00. The fourth-order valence-electron chi connectivity index (χ4n) is 1.15. The molecule has 0 unspecified atom stereocenters. The number of nitrogens with zero attached hydrogens (tertiary/aromatic N) is 3. The molecular weight excluding hydrogens is 220 g/mol. The molecular formula is C11H12N4S. The minimum absolute atomic E-state index is 0.790. The largest absolute Gasteiger partial charge is 0.372 e. The van der Waals surface area contributed by atoms with Crippen LogP contribution in [-0.2, 0) is 5.75 Å². The molecule has 2 rings (SSSR count). The zero-order valence-electron chi connectivity index (χ0n) is 8.92. The minimum Gasteiger partial charge on any atom is -0.372 e. The van der Waals surface area contributed by atoms with E-state index in [9.17, 15) is 0 Å². The Morgan fingerprint density at radius 2 is 2.00 bits per heavy atom. The maximum absolute atomic E-state index is 4.30. The van der Waals surface area contributed by atoms with E-state index in [1.54, 1.807) is 36.5 Å². The third-order valence-corrected chi connectivity index (χ3v) is 3.04. The van der Waals surface area contributed by atoms with Gasteiger partial charge in [-0.2, -0.15) is 0 Å². The molecule has 0 fully saturated rings. The summed E-state index contributed by atoms with van der Waals surface area (Å²) in [7, 11) is 1.83. The molecule has 0 aromatic carbocycles. The molecule has 0 bridgehead atoms. The third kappa shape index (κ3) is 2.93. The summed E-state index contributed by atoms with van der Waals surface area (Å²) in [6.45, 7) is 0. The van der Waals surface area contributed by atoms with E-state index in [-0.39, 0.29) is 0 Å². The van der Waals surface area contributed by atoms with Crippen LogP contribution in [0.2, 0.25) is 0 Å². The van der Waals surface area contributed by atoms with E-state index in [0.717, 1.165) is 17.3 Å². The van der Waals surface area contributed by atoms with Crippen LogP contribution in [-0.4, -0.2) is 22.0 Å². The van der Waals surface area contributed by atoms with Gasteiger partial charge >= 0.3 is 0 Å². The second-order valence-corrected chi connectivity index (χ2v) is 4.16. The van der Waals surface area contributed by atoms with Gasteiger partial charge in [-0.3, -0.25) is 9.97 Å². The minimum atomic E-state index is 0.790. The molecule has 0 amide bonds. The number of aromatic nitrogens is 3. The van der Waals surface area contributed by atoms with E-state index < -0.39 is 0 Å². The first kappa shape index (κ1) is 10.9. The van der Waals surface area contributed by atoms with Crippen LogP contribution in [0.3, 0.4) is 0 Å². The number of thioether (sulfide) groups is 1. The maximum atomic E-state index is 4.30. The summed E-state index contributed by atoms with van der Waals surface area (Å²) in [4.78, 5) is 13.7. The Kier molecular flexibility index (Phi) is 3.71. The van der Waals surface area contributed by atoms with E-state index in [4.69, 9.17) is 0 Å². The van der Waals surface area contributed by atoms with Gasteiger partial charge in [-0.15, -0.1) is 11.8 Å². The topological polar surface area (TPSA) is 50.7 Å². The van der Waals surface area contributed by atoms with Crippen LogP contribution < -0.4 is 5.32 Å². The first-order valence-electron chi connectivity index (χ1n) is 4.90. The first-order valence-corrected chi connectivity index (χ1v) is 5.88. The van der Waals surface area contributed by atoms with Crippen LogP contribution in [0.4, 0.5) is 5.82 Å². The Labute approximate surface area is 98.6 Å². The molecule has 16 heavy (non-hydrogen) atoms. The van der Waals surface area contributed by atoms with Crippen molar-refractivity contribution in [2.24, 2.45) is 0 Å². The molecule has 0 atom stereocenters. The van der Waals surface area contributed by atoms with Gasteiger partial charge in [0.15, 0.2) is 0 Å². The van der Waals surface area contributed by atoms with Crippen LogP contribution in [0.5, 0.6) is 0 Å². The molecule has 4 nitrogen and oxygen atoms in total. The predicted octanol–water partition coefficient (Wildman–Crippen LogP) is 2.21. The van der Waals surface area contributed by atoms with Gasteiger partial charge < -0.3 is 5.32 Å². The number of anilines is 1. The molecule has 82 valence electrons. The van der Waals surface area contributed by atoms with Crippen LogP contribution in [0.15, 0.2) is 41.8 Å². The maximum Gasteiger partial charge on any atom is 0.144 e. The van der Waals surface area contributed by atoms with Crippen LogP contribution in [0.25, 0.3) is 0 Å². The first-order chi connectivity index (χ1) is 7.88. The molecule has 2 aromatic heterocycles. The van der Waals surface area contributed by atoms with E-state index in [2.05, 4.69) is 20.3 Å². The summed E-state index contributed by atoms with van der Waals surface area (Å²) in [5.74, 6) is 1.61. The lowest BCUT2D eigenvalue weighted by atomic mass is 10.5. The van der Waals surface area contributed by atoms with Gasteiger partial charge in [-0.25, -0.2) is 4.98 Å². The van der Waals surface area contributed by atoms with E-state index in [1.807, 2.05) is 19.2 Å². The Balaban J connectivity index is 1.94. The number of pyridine rings is 1. The van der Waals surface area contributed by atoms with Gasteiger partial charge in [0.25, 0.3) is 0 Å². The van der Waals surface area contributed by atoms with Gasteiger partial charge in [-0.1, -0.05) is 0 Å². The second-order valence-electron chi connectivity index (χ2n) is 3.11. The average Bonchev–Trinajstić information content (AvgIpc) is 2.38. The monoisotopic (exact) mass is 232 g/mol. The van der Waals surface area contributed by atoms with Crippen molar-refractivity contribution in [2.75, 3.05) is 12.4 Å². The Bertz CT molecular complexity index is 429. The van der Waals surface area contributed by atoms with Crippen LogP contribution in [0, 0.1) is 0 Å². The van der Waals surface area contributed by atoms with E-state index in [1.165, 1.54) is 4.90 Å². The lowest BCUT2D eigenvalue weighted by Crippen LogP contribution is -1.95. The normalized spacial score (nSPS) is 10.1. The van der Waals surface area contributed by atoms with Gasteiger partial charge in [0, 0.05) is 30.1 Å². The van der Waals surface area contributed by atoms with Crippen molar-refractivity contribution < 1.29 is 0 Å². The molecule has 2 aromatic rings. The fourth-order valence-corrected chi connectivity index (χ4v) is 1.93. The quantitative estimate of drug-likeness (QED) is 0.819. The summed E-state index contributed by atoms with van der Waals surface area (Å²) in [5.41, 5.74) is 0.973. The summed E-state index contributed by atoms with van der Waals surface area (Å²) < 4.78 is 0. The molecule has 1 N–H and O–H groups in total. The second kappa shape index (κ2) is 5.46. The molecule has 0 aliphatic rings. The highest BCUT2D eigenvalue weighted by atomic mass is 32.2. The summed E-state index contributed by atoms with van der Waals surface area (Å²) >= 11 is 1.72. The average molecular weight is 232 g/mol. The highest BCUT2D eigenvalue weighted by Crippen LogP contribution is 2.20. The molecule has 0 saturated carbocycles. The molecule has 5 heteroatoms. The zero-order chi connectivity index (χ0) is 11.2. The van der Waals surface area contributed by atoms with Gasteiger partial charge in [0.2, 0.25) is 0 Å². The number of rotatable bonds is 4. The number of hydrogen-bond acceptors (Lipinski definition) is 5. The van der Waals surface area contributed by atoms with Crippen molar-refractivity contribution >= 4 is 17.6 Å². The van der Waals surface area contributed by atoms with Crippen molar-refractivity contribution in [1.82, 2.24) is 15.0 Å². The molecule has 0 spiro atoms. The zero-order valence-corrected chi connectivity index (χ0v) is 9.74. The fraction of sp³-hybridized carbons (Fsp3) is 0.182. The Morgan fingerprint density at radius 3 is 2.62 bits per heavy atom. The standard InChI is InChI=1S/C11H12N4S/c1-12-11-7-14-9(6-15-11)8-16-10-2-4-13-5-3-10/h2-7H,8H2,1H3,(H,12,15). The molecule has 0 aliphatic carbocycles. The predicted molar refractivity (Wildman–Crippen MR) is 65.4 cm³/mol. The number of nitrogens with one attached hydrogen (secondary N) is 1. The highest BCUT2D eigenvalue weighted by Gasteiger charge is 1.98. The number of hydrogen-bond donors (Lipinski definition) is 1. The Hall–Kier alpha value is -1.62. The van der Waals surface area contributed by atoms with Crippen molar-refractivity contribution in [3.8, 4) is 0 Å². The summed E-state index contributed by atoms with van der Waals surface area (Å²) in [5, 5.41) is 2.94. The molecule has 0 saturated heterocycles. The molecule has 0 radical (unpaired) electrons. The van der Waals surface area contributed by atoms with Crippen molar-refractivity contribution in [3.63, 3.8) is 0 Å². The lowest BCUT2D eigenvalue weighted by Gasteiger charge is -2.02. The smallest absolute Gasteiger partial charge is 0.144 e. The van der Waals surface area contributed by atoms with Crippen LogP contribution >= 0.6 is 11.8 Å². The van der Waals surface area contributed by atoms with Gasteiger partial charge in [-0.05, 0) is 12.1 Å². The van der Waals surface area contributed by atoms with Crippen molar-refractivity contribution in [1.29, 1.82) is 0 Å². The van der Waals surface area contributed by atoms with E-state index >= 15 is 0 Å². The van der Waals surface area contributed by atoms with Gasteiger partial charge in [0.1, 0.15) is 5.82 Å². The molecule has 2 heterocycles. The highest BCUT2D eigenvalue weighted by molar-refractivity contribution is 7.98. The van der Waals surface area contributed by atoms with Crippen LogP contribution in [0.1, 0.15) is 5.69 Å². The van der Waals surface area contributed by atoms with Crippen molar-refractivity contribution in [3.05, 3.63) is 42.6 Å². The molecule has 0 aliphatic heterocycles. The van der Waals surface area contributed by atoms with E-state index in [0.29, 0.717) is 0 Å². The summed E-state index contributed by atoms with van der Waals surface area (Å²) in [6, 6.07) is 3.97. The van der Waals surface area contributed by atoms with Crippen molar-refractivity contribution in [2.45, 2.75) is 10.6 Å². The lowest BCUT2D eigenvalue weighted by molar-refractivity contribution is 1.09. The Morgan fingerprint density at radius 1 is 1.19 bits per heavy atom. The SMILES string of the molecule is CNc1cnc(CSc2ccncc2)cn1.